The van der Waals surface area contributed by atoms with Crippen molar-refractivity contribution in [3.63, 3.8) is 0 Å². The number of nitrogens with one attached hydrogen (secondary N) is 2. The third kappa shape index (κ3) is 11.6. The largest absolute Gasteiger partial charge is 0.352 e. The molecule has 2 saturated heterocycles. The summed E-state index contributed by atoms with van der Waals surface area (Å²) >= 11 is 0. The molecule has 57 heavy (non-hydrogen) atoms. The minimum Gasteiger partial charge on any atom is -0.352 e. The van der Waals surface area contributed by atoms with Gasteiger partial charge in [-0.25, -0.2) is 0 Å². The van der Waals surface area contributed by atoms with Crippen molar-refractivity contribution < 1.29 is 24.0 Å². The molecule has 0 aromatic heterocycles. The van der Waals surface area contributed by atoms with Gasteiger partial charge in [-0.05, 0) is 82.2 Å². The van der Waals surface area contributed by atoms with Crippen LogP contribution in [0.15, 0.2) is 66.2 Å². The average Bonchev–Trinajstić information content (AvgIpc) is 3.68. The molecule has 2 aliphatic heterocycles. The molecule has 4 amide bonds. The second-order valence-corrected chi connectivity index (χ2v) is 18.2. The standard InChI is InChI=1S/C47H69N5O5/c1-30(2)34(7)51-26-16-15-20-38(51)44(55)49-42(47(8,9)10)46(57)50(11)40(31(3)4)28-32(5)45(56)52-27-17-21-39(52)43(54)48-33(6)29-35-22-24-37(25-23-35)41(53)36-18-13-12-14-19-36/h12-14,18-19,22-25,28,30-31,33-34,38-40,42H,15-17,20-21,26-27,29H2,1-11H3,(H,48,54)(H,49,55)/b32-28+/t33-,34?,38-,39+,40-,42-/m1/s1. The Hall–Kier alpha value is -4.31. The van der Waals surface area contributed by atoms with Crippen LogP contribution in [0.3, 0.4) is 0 Å². The Kier molecular flexibility index (Phi) is 15.8. The summed E-state index contributed by atoms with van der Waals surface area (Å²) in [4.78, 5) is 74.4. The molecule has 6 atom stereocenters. The van der Waals surface area contributed by atoms with E-state index < -0.39 is 23.5 Å². The van der Waals surface area contributed by atoms with Crippen molar-refractivity contribution in [1.82, 2.24) is 25.3 Å². The number of carbonyl (C=O) groups excluding carboxylic acids is 5. The van der Waals surface area contributed by atoms with Crippen molar-refractivity contribution in [2.45, 2.75) is 144 Å². The van der Waals surface area contributed by atoms with E-state index in [-0.39, 0.29) is 53.5 Å². The fourth-order valence-corrected chi connectivity index (χ4v) is 8.22. The van der Waals surface area contributed by atoms with Crippen molar-refractivity contribution >= 4 is 29.4 Å². The average molecular weight is 784 g/mol. The van der Waals surface area contributed by atoms with Crippen molar-refractivity contribution in [2.24, 2.45) is 17.3 Å². The summed E-state index contributed by atoms with van der Waals surface area (Å²) in [6.45, 7) is 21.5. The number of ketones is 1. The van der Waals surface area contributed by atoms with Gasteiger partial charge in [-0.3, -0.25) is 28.9 Å². The molecule has 0 aliphatic carbocycles. The Morgan fingerprint density at radius 2 is 1.37 bits per heavy atom. The number of hydrogen-bond donors (Lipinski definition) is 2. The number of piperidine rings is 1. The molecular formula is C47H69N5O5. The summed E-state index contributed by atoms with van der Waals surface area (Å²) in [5.74, 6) is -0.369. The second-order valence-electron chi connectivity index (χ2n) is 18.2. The van der Waals surface area contributed by atoms with E-state index in [0.29, 0.717) is 42.0 Å². The molecule has 0 radical (unpaired) electrons. The van der Waals surface area contributed by atoms with E-state index >= 15 is 0 Å². The van der Waals surface area contributed by atoms with Gasteiger partial charge in [0.25, 0.3) is 0 Å². The second kappa shape index (κ2) is 19.9. The number of carbonyl (C=O) groups is 5. The van der Waals surface area contributed by atoms with E-state index in [1.807, 2.05) is 90.1 Å². The van der Waals surface area contributed by atoms with Crippen LogP contribution in [0.25, 0.3) is 0 Å². The first-order valence-corrected chi connectivity index (χ1v) is 21.1. The first kappa shape index (κ1) is 45.4. The summed E-state index contributed by atoms with van der Waals surface area (Å²) in [5.41, 5.74) is 2.16. The maximum atomic E-state index is 14.4. The summed E-state index contributed by atoms with van der Waals surface area (Å²) in [6.07, 6.45) is 6.52. The Labute approximate surface area is 342 Å². The molecule has 312 valence electrons. The van der Waals surface area contributed by atoms with Crippen LogP contribution >= 0.6 is 0 Å². The van der Waals surface area contributed by atoms with Gasteiger partial charge in [0.05, 0.1) is 12.1 Å². The van der Waals surface area contributed by atoms with Gasteiger partial charge in [0, 0.05) is 42.4 Å². The highest BCUT2D eigenvalue weighted by Gasteiger charge is 2.41. The van der Waals surface area contributed by atoms with Crippen molar-refractivity contribution in [3.8, 4) is 0 Å². The quantitative estimate of drug-likeness (QED) is 0.151. The van der Waals surface area contributed by atoms with Crippen LogP contribution < -0.4 is 10.6 Å². The lowest BCUT2D eigenvalue weighted by Crippen LogP contribution is -2.61. The zero-order chi connectivity index (χ0) is 42.2. The molecule has 2 aliphatic rings. The van der Waals surface area contributed by atoms with Crippen molar-refractivity contribution in [2.75, 3.05) is 20.1 Å². The predicted octanol–water partition coefficient (Wildman–Crippen LogP) is 6.82. The number of hydrogen-bond acceptors (Lipinski definition) is 6. The van der Waals surface area contributed by atoms with Crippen molar-refractivity contribution in [1.29, 1.82) is 0 Å². The fraction of sp³-hybridized carbons (Fsp3) is 0.596. The molecule has 10 nitrogen and oxygen atoms in total. The highest BCUT2D eigenvalue weighted by Crippen LogP contribution is 2.28. The SMILES string of the molecule is C/C(=C\[C@H](C(C)C)N(C)C(=O)[C@@H](NC(=O)[C@H]1CCCCN1C(C)C(C)C)C(C)(C)C)C(=O)N1CCC[C@H]1C(=O)N[C@H](C)Cc1ccc(C(=O)c2ccccc2)cc1. The molecule has 4 rings (SSSR count). The van der Waals surface area contributed by atoms with Crippen molar-refractivity contribution in [3.05, 3.63) is 82.9 Å². The van der Waals surface area contributed by atoms with Crippen LogP contribution in [-0.2, 0) is 25.6 Å². The van der Waals surface area contributed by atoms with E-state index in [1.54, 1.807) is 35.9 Å². The number of likely N-dealkylation sites (N-methyl/N-ethyl adjacent to an activating group) is 1. The Morgan fingerprint density at radius 3 is 1.96 bits per heavy atom. The molecule has 1 unspecified atom stereocenters. The third-order valence-electron chi connectivity index (χ3n) is 12.0. The van der Waals surface area contributed by atoms with Gasteiger partial charge < -0.3 is 20.4 Å². The van der Waals surface area contributed by atoms with Crippen LogP contribution in [0, 0.1) is 17.3 Å². The zero-order valence-electron chi connectivity index (χ0n) is 36.4. The molecular weight excluding hydrogens is 715 g/mol. The highest BCUT2D eigenvalue weighted by atomic mass is 16.2. The lowest BCUT2D eigenvalue weighted by atomic mass is 9.84. The number of amides is 4. The molecule has 2 aromatic carbocycles. The number of likely N-dealkylation sites (tertiary alicyclic amines) is 2. The maximum absolute atomic E-state index is 14.4. The molecule has 0 saturated carbocycles. The molecule has 2 aromatic rings. The first-order valence-electron chi connectivity index (χ1n) is 21.1. The van der Waals surface area contributed by atoms with Gasteiger partial charge in [-0.2, -0.15) is 0 Å². The molecule has 10 heteroatoms. The minimum atomic E-state index is -0.762. The van der Waals surface area contributed by atoms with E-state index in [2.05, 4.69) is 36.3 Å². The van der Waals surface area contributed by atoms with E-state index in [4.69, 9.17) is 0 Å². The lowest BCUT2D eigenvalue weighted by Gasteiger charge is -2.42. The van der Waals surface area contributed by atoms with Gasteiger partial charge in [0.2, 0.25) is 23.6 Å². The molecule has 0 spiro atoms. The van der Waals surface area contributed by atoms with Crippen LogP contribution in [0.2, 0.25) is 0 Å². The lowest BCUT2D eigenvalue weighted by molar-refractivity contribution is -0.142. The molecule has 2 fully saturated rings. The van der Waals surface area contributed by atoms with Crippen LogP contribution in [-0.4, -0.2) is 100 Å². The monoisotopic (exact) mass is 784 g/mol. The summed E-state index contributed by atoms with van der Waals surface area (Å²) in [6, 6.07) is 14.7. The maximum Gasteiger partial charge on any atom is 0.249 e. The van der Waals surface area contributed by atoms with Gasteiger partial charge >= 0.3 is 0 Å². The number of benzene rings is 2. The Balaban J connectivity index is 1.41. The topological polar surface area (TPSA) is 119 Å². The molecule has 2 heterocycles. The fourth-order valence-electron chi connectivity index (χ4n) is 8.22. The minimum absolute atomic E-state index is 0.0252. The van der Waals surface area contributed by atoms with Crippen LogP contribution in [0.4, 0.5) is 0 Å². The predicted molar refractivity (Wildman–Crippen MR) is 228 cm³/mol. The van der Waals surface area contributed by atoms with Gasteiger partial charge in [-0.15, -0.1) is 0 Å². The molecule has 2 N–H and O–H groups in total. The summed E-state index contributed by atoms with van der Waals surface area (Å²) < 4.78 is 0. The summed E-state index contributed by atoms with van der Waals surface area (Å²) in [5, 5.41) is 6.30. The number of nitrogens with zero attached hydrogens (tertiary/aromatic N) is 3. The first-order chi connectivity index (χ1) is 26.8. The Morgan fingerprint density at radius 1 is 0.772 bits per heavy atom. The van der Waals surface area contributed by atoms with Gasteiger partial charge in [-0.1, -0.05) is 116 Å². The van der Waals surface area contributed by atoms with E-state index in [0.717, 1.165) is 37.8 Å². The summed E-state index contributed by atoms with van der Waals surface area (Å²) in [7, 11) is 1.75. The van der Waals surface area contributed by atoms with Gasteiger partial charge in [0.1, 0.15) is 12.1 Å². The Bertz CT molecular complexity index is 1730. The normalized spacial score (nSPS) is 20.2. The van der Waals surface area contributed by atoms with Crippen LogP contribution in [0.5, 0.6) is 0 Å². The smallest absolute Gasteiger partial charge is 0.249 e. The van der Waals surface area contributed by atoms with E-state index in [1.165, 1.54) is 0 Å². The third-order valence-corrected chi connectivity index (χ3v) is 12.0. The molecule has 0 bridgehead atoms. The zero-order valence-corrected chi connectivity index (χ0v) is 36.4. The van der Waals surface area contributed by atoms with Gasteiger partial charge in [0.15, 0.2) is 5.78 Å². The van der Waals surface area contributed by atoms with E-state index in [9.17, 15) is 24.0 Å². The highest BCUT2D eigenvalue weighted by molar-refractivity contribution is 6.09. The van der Waals surface area contributed by atoms with Crippen LogP contribution in [0.1, 0.15) is 123 Å². The number of rotatable bonds is 15.